The number of pyridine rings is 1. The van der Waals surface area contributed by atoms with Gasteiger partial charge in [-0.1, -0.05) is 20.8 Å². The van der Waals surface area contributed by atoms with Crippen molar-refractivity contribution in [2.75, 3.05) is 18.0 Å². The number of aryl methyl sites for hydroxylation is 1. The maximum atomic E-state index is 4.77. The molecule has 3 nitrogen and oxygen atoms in total. The third-order valence-electron chi connectivity index (χ3n) is 4.91. The van der Waals surface area contributed by atoms with Crippen LogP contribution in [0.3, 0.4) is 0 Å². The third kappa shape index (κ3) is 3.76. The van der Waals surface area contributed by atoms with Gasteiger partial charge in [-0.05, 0) is 55.2 Å². The molecule has 0 spiro atoms. The van der Waals surface area contributed by atoms with Crippen molar-refractivity contribution in [1.29, 1.82) is 0 Å². The number of hydrogen-bond donors (Lipinski definition) is 1. The summed E-state index contributed by atoms with van der Waals surface area (Å²) in [6.45, 7) is 12.5. The van der Waals surface area contributed by atoms with Gasteiger partial charge in [0.25, 0.3) is 0 Å². The van der Waals surface area contributed by atoms with Crippen LogP contribution in [0.1, 0.15) is 51.3 Å². The van der Waals surface area contributed by atoms with Gasteiger partial charge >= 0.3 is 0 Å². The molecular formula is C18H29N3. The zero-order chi connectivity index (χ0) is 15.0. The molecule has 0 aromatic carbocycles. The Labute approximate surface area is 129 Å². The maximum absolute atomic E-state index is 4.77. The molecule has 1 aliphatic carbocycles. The molecule has 21 heavy (non-hydrogen) atoms. The standard InChI is InChI=1S/C18H29N3/c1-13-9-14(11-19-16-5-6-16)10-17(20-13)21-8-7-15(12-21)18(2,3)4/h9-10,15-16,19H,5-8,11-12H2,1-4H3. The molecule has 0 radical (unpaired) electrons. The number of anilines is 1. The van der Waals surface area contributed by atoms with Gasteiger partial charge in [0.1, 0.15) is 5.82 Å². The van der Waals surface area contributed by atoms with E-state index in [1.165, 1.54) is 30.6 Å². The molecule has 3 heteroatoms. The summed E-state index contributed by atoms with van der Waals surface area (Å²) in [6, 6.07) is 5.27. The van der Waals surface area contributed by atoms with Gasteiger partial charge in [0, 0.05) is 31.4 Å². The highest BCUT2D eigenvalue weighted by Gasteiger charge is 2.32. The summed E-state index contributed by atoms with van der Waals surface area (Å²) < 4.78 is 0. The van der Waals surface area contributed by atoms with Crippen molar-refractivity contribution in [3.63, 3.8) is 0 Å². The van der Waals surface area contributed by atoms with Crippen LogP contribution >= 0.6 is 0 Å². The van der Waals surface area contributed by atoms with E-state index in [0.717, 1.165) is 37.3 Å². The fraction of sp³-hybridized carbons (Fsp3) is 0.722. The molecule has 3 rings (SSSR count). The summed E-state index contributed by atoms with van der Waals surface area (Å²) in [5.74, 6) is 1.95. The maximum Gasteiger partial charge on any atom is 0.129 e. The first kappa shape index (κ1) is 14.8. The second-order valence-corrected chi connectivity index (χ2v) is 7.93. The van der Waals surface area contributed by atoms with Crippen molar-refractivity contribution in [3.05, 3.63) is 23.4 Å². The number of rotatable bonds is 4. The van der Waals surface area contributed by atoms with Crippen LogP contribution in [0.15, 0.2) is 12.1 Å². The Bertz CT molecular complexity index is 500. The first-order chi connectivity index (χ1) is 9.91. The lowest BCUT2D eigenvalue weighted by molar-refractivity contribution is 0.263. The highest BCUT2D eigenvalue weighted by molar-refractivity contribution is 5.44. The molecule has 1 aromatic heterocycles. The minimum Gasteiger partial charge on any atom is -0.356 e. The van der Waals surface area contributed by atoms with Crippen molar-refractivity contribution in [1.82, 2.24) is 10.3 Å². The summed E-state index contributed by atoms with van der Waals surface area (Å²) in [4.78, 5) is 7.25. The monoisotopic (exact) mass is 287 g/mol. The summed E-state index contributed by atoms with van der Waals surface area (Å²) in [7, 11) is 0. The molecular weight excluding hydrogens is 258 g/mol. The van der Waals surface area contributed by atoms with E-state index in [2.05, 4.69) is 50.0 Å². The summed E-state index contributed by atoms with van der Waals surface area (Å²) >= 11 is 0. The number of aromatic nitrogens is 1. The van der Waals surface area contributed by atoms with E-state index in [0.29, 0.717) is 5.41 Å². The quantitative estimate of drug-likeness (QED) is 0.918. The highest BCUT2D eigenvalue weighted by Crippen LogP contribution is 2.35. The van der Waals surface area contributed by atoms with Crippen LogP contribution in [0.25, 0.3) is 0 Å². The Morgan fingerprint density at radius 2 is 2.00 bits per heavy atom. The van der Waals surface area contributed by atoms with Gasteiger partial charge in [-0.2, -0.15) is 0 Å². The molecule has 1 saturated carbocycles. The first-order valence-electron chi connectivity index (χ1n) is 8.38. The van der Waals surface area contributed by atoms with Crippen LogP contribution in [0.4, 0.5) is 5.82 Å². The Hall–Kier alpha value is -1.09. The summed E-state index contributed by atoms with van der Waals surface area (Å²) in [5, 5.41) is 3.60. The zero-order valence-electron chi connectivity index (χ0n) is 13.9. The van der Waals surface area contributed by atoms with E-state index >= 15 is 0 Å². The van der Waals surface area contributed by atoms with Crippen molar-refractivity contribution >= 4 is 5.82 Å². The Balaban J connectivity index is 1.69. The van der Waals surface area contributed by atoms with Crippen LogP contribution in [0.5, 0.6) is 0 Å². The van der Waals surface area contributed by atoms with Crippen molar-refractivity contribution < 1.29 is 0 Å². The topological polar surface area (TPSA) is 28.2 Å². The lowest BCUT2D eigenvalue weighted by Crippen LogP contribution is -2.26. The van der Waals surface area contributed by atoms with E-state index in [4.69, 9.17) is 4.98 Å². The molecule has 1 N–H and O–H groups in total. The molecule has 1 aliphatic heterocycles. The van der Waals surface area contributed by atoms with Gasteiger partial charge in [0.2, 0.25) is 0 Å². The van der Waals surface area contributed by atoms with Gasteiger partial charge in [0.15, 0.2) is 0 Å². The fourth-order valence-corrected chi connectivity index (χ4v) is 3.21. The summed E-state index contributed by atoms with van der Waals surface area (Å²) in [6.07, 6.45) is 3.97. The molecule has 1 aromatic rings. The molecule has 0 bridgehead atoms. The highest BCUT2D eigenvalue weighted by atomic mass is 15.2. The van der Waals surface area contributed by atoms with E-state index in [-0.39, 0.29) is 0 Å². The molecule has 116 valence electrons. The Morgan fingerprint density at radius 3 is 2.62 bits per heavy atom. The summed E-state index contributed by atoms with van der Waals surface area (Å²) in [5.41, 5.74) is 2.91. The minimum absolute atomic E-state index is 0.398. The predicted molar refractivity (Wildman–Crippen MR) is 88.6 cm³/mol. The molecule has 1 saturated heterocycles. The van der Waals surface area contributed by atoms with Gasteiger partial charge < -0.3 is 10.2 Å². The van der Waals surface area contributed by atoms with Crippen LogP contribution in [0.2, 0.25) is 0 Å². The first-order valence-corrected chi connectivity index (χ1v) is 8.38. The SMILES string of the molecule is Cc1cc(CNC2CC2)cc(N2CCC(C(C)(C)C)C2)n1. The predicted octanol–water partition coefficient (Wildman–Crippen LogP) is 3.51. The van der Waals surface area contributed by atoms with Gasteiger partial charge in [0.05, 0.1) is 0 Å². The van der Waals surface area contributed by atoms with E-state index in [1.807, 2.05) is 0 Å². The lowest BCUT2D eigenvalue weighted by atomic mass is 9.80. The second-order valence-electron chi connectivity index (χ2n) is 7.93. The van der Waals surface area contributed by atoms with Gasteiger partial charge in [-0.25, -0.2) is 4.98 Å². The Kier molecular flexibility index (Phi) is 3.96. The molecule has 2 heterocycles. The van der Waals surface area contributed by atoms with Crippen LogP contribution in [-0.2, 0) is 6.54 Å². The van der Waals surface area contributed by atoms with Crippen molar-refractivity contribution in [2.45, 2.75) is 59.5 Å². The number of nitrogens with one attached hydrogen (secondary N) is 1. The molecule has 0 amide bonds. The van der Waals surface area contributed by atoms with Crippen LogP contribution < -0.4 is 10.2 Å². The molecule has 2 fully saturated rings. The van der Waals surface area contributed by atoms with Crippen LogP contribution in [0, 0.1) is 18.3 Å². The van der Waals surface area contributed by atoms with E-state index < -0.39 is 0 Å². The molecule has 1 unspecified atom stereocenters. The smallest absolute Gasteiger partial charge is 0.129 e. The third-order valence-corrected chi connectivity index (χ3v) is 4.91. The van der Waals surface area contributed by atoms with Gasteiger partial charge in [-0.3, -0.25) is 0 Å². The second kappa shape index (κ2) is 5.60. The molecule has 2 aliphatic rings. The van der Waals surface area contributed by atoms with Crippen molar-refractivity contribution in [2.24, 2.45) is 11.3 Å². The van der Waals surface area contributed by atoms with E-state index in [9.17, 15) is 0 Å². The van der Waals surface area contributed by atoms with Crippen molar-refractivity contribution in [3.8, 4) is 0 Å². The Morgan fingerprint density at radius 1 is 1.24 bits per heavy atom. The molecule has 1 atom stereocenters. The van der Waals surface area contributed by atoms with E-state index in [1.54, 1.807) is 0 Å². The lowest BCUT2D eigenvalue weighted by Gasteiger charge is -2.27. The minimum atomic E-state index is 0.398. The number of nitrogens with zero attached hydrogens (tertiary/aromatic N) is 2. The number of hydrogen-bond acceptors (Lipinski definition) is 3. The van der Waals surface area contributed by atoms with Gasteiger partial charge in [-0.15, -0.1) is 0 Å². The normalized spacial score (nSPS) is 22.9. The largest absolute Gasteiger partial charge is 0.356 e. The average molecular weight is 287 g/mol. The average Bonchev–Trinajstić information content (AvgIpc) is 3.08. The zero-order valence-corrected chi connectivity index (χ0v) is 13.9. The van der Waals surface area contributed by atoms with Crippen LogP contribution in [-0.4, -0.2) is 24.1 Å². The fourth-order valence-electron chi connectivity index (χ4n) is 3.21.